The van der Waals surface area contributed by atoms with Crippen molar-refractivity contribution in [3.63, 3.8) is 0 Å². The molecule has 0 fully saturated rings. The fraction of sp³-hybridized carbons (Fsp3) is 0.0526. The van der Waals surface area contributed by atoms with E-state index >= 15 is 0 Å². The third kappa shape index (κ3) is 3.57. The normalized spacial score (nSPS) is 11.7. The van der Waals surface area contributed by atoms with Gasteiger partial charge in [0, 0.05) is 11.1 Å². The van der Waals surface area contributed by atoms with E-state index in [4.69, 9.17) is 11.6 Å². The predicted molar refractivity (Wildman–Crippen MR) is 111 cm³/mol. The van der Waals surface area contributed by atoms with E-state index in [2.05, 4.69) is 14.8 Å². The van der Waals surface area contributed by atoms with Crippen LogP contribution >= 0.6 is 11.6 Å². The molecule has 2 aromatic heterocycles. The van der Waals surface area contributed by atoms with Crippen molar-refractivity contribution >= 4 is 33.0 Å². The van der Waals surface area contributed by atoms with Crippen LogP contribution in [0, 0.1) is 6.92 Å². The number of halogens is 1. The van der Waals surface area contributed by atoms with Gasteiger partial charge in [0.25, 0.3) is 21.1 Å². The molecule has 4 aromatic rings. The highest BCUT2D eigenvalue weighted by Gasteiger charge is 2.21. The van der Waals surface area contributed by atoms with Crippen molar-refractivity contribution in [1.29, 1.82) is 0 Å². The van der Waals surface area contributed by atoms with E-state index in [1.54, 1.807) is 36.4 Å². The van der Waals surface area contributed by atoms with E-state index in [1.165, 1.54) is 18.2 Å². The summed E-state index contributed by atoms with van der Waals surface area (Å²) in [6.07, 6.45) is 0. The molecule has 2 heterocycles. The number of anilines is 1. The second-order valence-corrected chi connectivity index (χ2v) is 8.57. The van der Waals surface area contributed by atoms with Crippen LogP contribution in [0.4, 0.5) is 5.69 Å². The lowest BCUT2D eigenvalue weighted by Gasteiger charge is -2.08. The Kier molecular flexibility index (Phi) is 4.56. The van der Waals surface area contributed by atoms with E-state index in [0.717, 1.165) is 10.1 Å². The number of nitrogens with zero attached hydrogens (tertiary/aromatic N) is 1. The van der Waals surface area contributed by atoms with Gasteiger partial charge >= 0.3 is 0 Å². The number of H-pyrrole nitrogens is 2. The molecule has 0 saturated heterocycles. The molecular formula is C19H15ClN4O4S. The molecule has 0 aliphatic rings. The molecule has 10 heteroatoms. The third-order valence-corrected chi connectivity index (χ3v) is 5.98. The second kappa shape index (κ2) is 6.94. The number of sulfonamides is 1. The van der Waals surface area contributed by atoms with Crippen LogP contribution in [0.3, 0.4) is 0 Å². The first-order chi connectivity index (χ1) is 13.7. The fourth-order valence-corrected chi connectivity index (χ4v) is 4.05. The van der Waals surface area contributed by atoms with Gasteiger partial charge in [0.15, 0.2) is 11.3 Å². The number of hydrogen-bond acceptors (Lipinski definition) is 4. The maximum atomic E-state index is 12.7. The third-order valence-electron chi connectivity index (χ3n) is 4.37. The van der Waals surface area contributed by atoms with Gasteiger partial charge in [-0.05, 0) is 36.8 Å². The van der Waals surface area contributed by atoms with E-state index in [-0.39, 0.29) is 16.2 Å². The van der Waals surface area contributed by atoms with Crippen molar-refractivity contribution in [3.8, 4) is 11.3 Å². The van der Waals surface area contributed by atoms with Gasteiger partial charge in [-0.2, -0.15) is 4.52 Å². The largest absolute Gasteiger partial charge is 0.338 e. The summed E-state index contributed by atoms with van der Waals surface area (Å²) in [5.41, 5.74) is 0.398. The van der Waals surface area contributed by atoms with Gasteiger partial charge in [-0.1, -0.05) is 41.4 Å². The van der Waals surface area contributed by atoms with Crippen LogP contribution in [0.15, 0.2) is 69.1 Å². The Morgan fingerprint density at radius 1 is 1.00 bits per heavy atom. The smallest absolute Gasteiger partial charge is 0.291 e. The van der Waals surface area contributed by atoms with Gasteiger partial charge < -0.3 is 4.98 Å². The molecule has 0 aliphatic carbocycles. The van der Waals surface area contributed by atoms with Crippen LogP contribution in [0.2, 0.25) is 5.02 Å². The topological polar surface area (TPSA) is 116 Å². The zero-order chi connectivity index (χ0) is 20.8. The number of aromatic nitrogens is 3. The van der Waals surface area contributed by atoms with Crippen LogP contribution in [0.1, 0.15) is 5.56 Å². The molecule has 148 valence electrons. The molecule has 0 unspecified atom stereocenters. The SMILES string of the molecule is Cc1ccc(S(=O)(=O)Nc2c(=O)[nH]n3c(=O)cc(-c4ccc(Cl)cc4)[nH]c23)cc1. The lowest BCUT2D eigenvalue weighted by atomic mass is 10.1. The minimum absolute atomic E-state index is 0.00180. The Balaban J connectivity index is 1.85. The number of nitrogens with one attached hydrogen (secondary N) is 3. The first-order valence-corrected chi connectivity index (χ1v) is 10.3. The molecule has 0 bridgehead atoms. The molecule has 0 radical (unpaired) electrons. The first-order valence-electron chi connectivity index (χ1n) is 8.48. The lowest BCUT2D eigenvalue weighted by molar-refractivity contribution is 0.601. The van der Waals surface area contributed by atoms with Crippen molar-refractivity contribution < 1.29 is 8.42 Å². The molecule has 0 saturated carbocycles. The van der Waals surface area contributed by atoms with Gasteiger partial charge in [-0.25, -0.2) is 8.42 Å². The minimum Gasteiger partial charge on any atom is -0.338 e. The molecule has 29 heavy (non-hydrogen) atoms. The number of aromatic amines is 2. The minimum atomic E-state index is -4.03. The van der Waals surface area contributed by atoms with E-state index in [0.29, 0.717) is 16.3 Å². The summed E-state index contributed by atoms with van der Waals surface area (Å²) in [7, 11) is -4.03. The van der Waals surface area contributed by atoms with Crippen molar-refractivity contribution in [2.75, 3.05) is 4.72 Å². The Hall–Kier alpha value is -3.30. The second-order valence-electron chi connectivity index (χ2n) is 6.45. The molecular weight excluding hydrogens is 416 g/mol. The Labute approximate surface area is 169 Å². The van der Waals surface area contributed by atoms with Crippen molar-refractivity contribution in [1.82, 2.24) is 14.6 Å². The van der Waals surface area contributed by atoms with Crippen LogP contribution < -0.4 is 15.8 Å². The first kappa shape index (κ1) is 19.0. The van der Waals surface area contributed by atoms with Crippen LogP contribution in [0.25, 0.3) is 16.9 Å². The van der Waals surface area contributed by atoms with Gasteiger partial charge in [0.2, 0.25) is 0 Å². The van der Waals surface area contributed by atoms with Gasteiger partial charge in [-0.15, -0.1) is 0 Å². The highest BCUT2D eigenvalue weighted by atomic mass is 35.5. The monoisotopic (exact) mass is 430 g/mol. The zero-order valence-electron chi connectivity index (χ0n) is 15.1. The Morgan fingerprint density at radius 2 is 1.66 bits per heavy atom. The summed E-state index contributed by atoms with van der Waals surface area (Å²) in [5.74, 6) is 0. The molecule has 0 amide bonds. The van der Waals surface area contributed by atoms with E-state index in [9.17, 15) is 18.0 Å². The summed E-state index contributed by atoms with van der Waals surface area (Å²) >= 11 is 5.90. The van der Waals surface area contributed by atoms with E-state index in [1.807, 2.05) is 6.92 Å². The standard InChI is InChI=1S/C19H15ClN4O4S/c1-11-2-8-14(9-3-11)29(27,28)23-17-18-21-15(12-4-6-13(20)7-5-12)10-16(25)24(18)22-19(17)26/h2-10,21,23H,1H3,(H,22,26). The Bertz CT molecular complexity index is 1430. The molecule has 3 N–H and O–H groups in total. The predicted octanol–water partition coefficient (Wildman–Crippen LogP) is 2.75. The summed E-state index contributed by atoms with van der Waals surface area (Å²) in [6.45, 7) is 1.83. The zero-order valence-corrected chi connectivity index (χ0v) is 16.6. The number of rotatable bonds is 4. The lowest BCUT2D eigenvalue weighted by Crippen LogP contribution is -2.17. The molecule has 0 atom stereocenters. The van der Waals surface area contributed by atoms with Crippen LogP contribution in [-0.2, 0) is 10.0 Å². The summed E-state index contributed by atoms with van der Waals surface area (Å²) in [4.78, 5) is 27.8. The number of benzene rings is 2. The maximum Gasteiger partial charge on any atom is 0.291 e. The molecule has 0 aliphatic heterocycles. The number of hydrogen-bond donors (Lipinski definition) is 3. The number of aryl methyl sites for hydroxylation is 1. The molecule has 2 aromatic carbocycles. The summed E-state index contributed by atoms with van der Waals surface area (Å²) in [6, 6.07) is 14.2. The summed E-state index contributed by atoms with van der Waals surface area (Å²) in [5, 5.41) is 2.86. The Morgan fingerprint density at radius 3 is 2.31 bits per heavy atom. The average molecular weight is 431 g/mol. The fourth-order valence-electron chi connectivity index (χ4n) is 2.86. The average Bonchev–Trinajstić information content (AvgIpc) is 2.98. The van der Waals surface area contributed by atoms with Gasteiger partial charge in [0.1, 0.15) is 0 Å². The highest BCUT2D eigenvalue weighted by molar-refractivity contribution is 7.92. The maximum absolute atomic E-state index is 12.7. The van der Waals surface area contributed by atoms with Crippen LogP contribution in [0.5, 0.6) is 0 Å². The van der Waals surface area contributed by atoms with Crippen molar-refractivity contribution in [2.24, 2.45) is 0 Å². The van der Waals surface area contributed by atoms with Crippen molar-refractivity contribution in [3.05, 3.63) is 85.9 Å². The van der Waals surface area contributed by atoms with E-state index < -0.39 is 21.1 Å². The number of fused-ring (bicyclic) bond motifs is 1. The van der Waals surface area contributed by atoms with Crippen molar-refractivity contribution in [2.45, 2.75) is 11.8 Å². The summed E-state index contributed by atoms with van der Waals surface area (Å²) < 4.78 is 28.6. The molecule has 8 nitrogen and oxygen atoms in total. The van der Waals surface area contributed by atoms with Gasteiger partial charge in [0.05, 0.1) is 10.6 Å². The quantitative estimate of drug-likeness (QED) is 0.461. The molecule has 0 spiro atoms. The van der Waals surface area contributed by atoms with Crippen LogP contribution in [-0.4, -0.2) is 23.0 Å². The van der Waals surface area contributed by atoms with Gasteiger partial charge in [-0.3, -0.25) is 19.4 Å². The molecule has 4 rings (SSSR count). The highest BCUT2D eigenvalue weighted by Crippen LogP contribution is 2.21.